The SMILES string of the molecule is O=C(O)[C@@H]1CSCN1C(=O)CCCSc1ccccc1. The molecule has 0 radical (unpaired) electrons. The molecule has 0 spiro atoms. The lowest BCUT2D eigenvalue weighted by molar-refractivity contribution is -0.147. The van der Waals surface area contributed by atoms with Gasteiger partial charge in [-0.1, -0.05) is 18.2 Å². The zero-order valence-electron chi connectivity index (χ0n) is 11.0. The molecule has 0 aromatic heterocycles. The summed E-state index contributed by atoms with van der Waals surface area (Å²) in [5, 5.41) is 9.04. The summed E-state index contributed by atoms with van der Waals surface area (Å²) >= 11 is 3.22. The van der Waals surface area contributed by atoms with Gasteiger partial charge in [-0.05, 0) is 24.3 Å². The quantitative estimate of drug-likeness (QED) is 0.646. The molecule has 0 saturated carbocycles. The molecule has 1 fully saturated rings. The number of carboxylic acid groups (broad SMARTS) is 1. The van der Waals surface area contributed by atoms with Gasteiger partial charge in [-0.15, -0.1) is 23.5 Å². The maximum absolute atomic E-state index is 12.0. The number of carboxylic acids is 1. The topological polar surface area (TPSA) is 57.6 Å². The highest BCUT2D eigenvalue weighted by molar-refractivity contribution is 7.99. The number of rotatable bonds is 6. The molecule has 20 heavy (non-hydrogen) atoms. The zero-order valence-corrected chi connectivity index (χ0v) is 12.7. The number of nitrogens with zero attached hydrogens (tertiary/aromatic N) is 1. The molecule has 1 saturated heterocycles. The van der Waals surface area contributed by atoms with Crippen LogP contribution in [0.4, 0.5) is 0 Å². The predicted octanol–water partition coefficient (Wildman–Crippen LogP) is 2.55. The Labute approximate surface area is 126 Å². The largest absolute Gasteiger partial charge is 0.480 e. The van der Waals surface area contributed by atoms with E-state index in [1.54, 1.807) is 11.8 Å². The first-order valence-corrected chi connectivity index (χ1v) is 8.60. The summed E-state index contributed by atoms with van der Waals surface area (Å²) in [7, 11) is 0. The third-order valence-corrected chi connectivity index (χ3v) is 5.15. The Morgan fingerprint density at radius 1 is 1.35 bits per heavy atom. The average Bonchev–Trinajstić information content (AvgIpc) is 2.94. The molecule has 1 aliphatic heterocycles. The van der Waals surface area contributed by atoms with Crippen LogP contribution in [-0.4, -0.2) is 45.3 Å². The molecule has 1 aromatic rings. The highest BCUT2D eigenvalue weighted by Crippen LogP contribution is 2.23. The Hall–Kier alpha value is -1.14. The third-order valence-electron chi connectivity index (χ3n) is 3.03. The van der Waals surface area contributed by atoms with E-state index >= 15 is 0 Å². The summed E-state index contributed by atoms with van der Waals surface area (Å²) < 4.78 is 0. The van der Waals surface area contributed by atoms with Crippen molar-refractivity contribution >= 4 is 35.4 Å². The molecule has 1 atom stereocenters. The molecule has 6 heteroatoms. The fourth-order valence-corrected chi connectivity index (χ4v) is 4.01. The van der Waals surface area contributed by atoms with Crippen molar-refractivity contribution < 1.29 is 14.7 Å². The summed E-state index contributed by atoms with van der Waals surface area (Å²) in [4.78, 5) is 25.7. The van der Waals surface area contributed by atoms with Crippen molar-refractivity contribution in [1.82, 2.24) is 4.90 Å². The fourth-order valence-electron chi connectivity index (χ4n) is 1.97. The molecule has 0 unspecified atom stereocenters. The zero-order chi connectivity index (χ0) is 14.4. The van der Waals surface area contributed by atoms with Crippen LogP contribution in [0.5, 0.6) is 0 Å². The minimum Gasteiger partial charge on any atom is -0.480 e. The van der Waals surface area contributed by atoms with E-state index in [0.29, 0.717) is 18.1 Å². The van der Waals surface area contributed by atoms with E-state index in [-0.39, 0.29) is 5.91 Å². The standard InChI is InChI=1S/C14H17NO3S2/c16-13(15-10-19-9-12(15)14(17)18)7-4-8-20-11-5-2-1-3-6-11/h1-3,5-6,12H,4,7-10H2,(H,17,18)/t12-/m0/s1. The van der Waals surface area contributed by atoms with Crippen LogP contribution in [0.2, 0.25) is 0 Å². The van der Waals surface area contributed by atoms with E-state index < -0.39 is 12.0 Å². The second-order valence-electron chi connectivity index (χ2n) is 4.48. The highest BCUT2D eigenvalue weighted by atomic mass is 32.2. The van der Waals surface area contributed by atoms with E-state index in [2.05, 4.69) is 0 Å². The van der Waals surface area contributed by atoms with Crippen molar-refractivity contribution in [2.45, 2.75) is 23.8 Å². The van der Waals surface area contributed by atoms with E-state index in [1.165, 1.54) is 21.6 Å². The van der Waals surface area contributed by atoms with Gasteiger partial charge in [0.1, 0.15) is 6.04 Å². The first kappa shape index (κ1) is 15.3. The van der Waals surface area contributed by atoms with E-state index in [9.17, 15) is 9.59 Å². The van der Waals surface area contributed by atoms with E-state index in [1.807, 2.05) is 30.3 Å². The van der Waals surface area contributed by atoms with Gasteiger partial charge in [0.2, 0.25) is 5.91 Å². The van der Waals surface area contributed by atoms with Gasteiger partial charge in [-0.3, -0.25) is 4.79 Å². The number of hydrogen-bond donors (Lipinski definition) is 1. The summed E-state index contributed by atoms with van der Waals surface area (Å²) in [6.07, 6.45) is 1.19. The Morgan fingerprint density at radius 2 is 2.10 bits per heavy atom. The molecule has 1 N–H and O–H groups in total. The first-order valence-electron chi connectivity index (χ1n) is 6.46. The molecule has 1 amide bonds. The molecule has 2 rings (SSSR count). The molecular weight excluding hydrogens is 294 g/mol. The van der Waals surface area contributed by atoms with E-state index in [0.717, 1.165) is 12.2 Å². The number of carbonyl (C=O) groups excluding carboxylic acids is 1. The molecular formula is C14H17NO3S2. The molecule has 0 bridgehead atoms. The van der Waals surface area contributed by atoms with Crippen molar-refractivity contribution in [3.63, 3.8) is 0 Å². The molecule has 0 aliphatic carbocycles. The Bertz CT molecular complexity index is 467. The van der Waals surface area contributed by atoms with Gasteiger partial charge in [0, 0.05) is 17.1 Å². The Kier molecular flexibility index (Phi) is 5.79. The number of aliphatic carboxylic acids is 1. The van der Waals surface area contributed by atoms with Gasteiger partial charge in [0.25, 0.3) is 0 Å². The minimum absolute atomic E-state index is 0.0453. The maximum atomic E-state index is 12.0. The van der Waals surface area contributed by atoms with Crippen LogP contribution in [0.15, 0.2) is 35.2 Å². The maximum Gasteiger partial charge on any atom is 0.327 e. The fraction of sp³-hybridized carbons (Fsp3) is 0.429. The van der Waals surface area contributed by atoms with Crippen molar-refractivity contribution in [2.24, 2.45) is 0 Å². The van der Waals surface area contributed by atoms with Gasteiger partial charge in [0.15, 0.2) is 0 Å². The number of amides is 1. The van der Waals surface area contributed by atoms with Crippen molar-refractivity contribution in [3.8, 4) is 0 Å². The van der Waals surface area contributed by atoms with Gasteiger partial charge in [-0.2, -0.15) is 0 Å². The summed E-state index contributed by atoms with van der Waals surface area (Å²) in [5.74, 6) is 0.925. The number of thioether (sulfide) groups is 2. The molecule has 108 valence electrons. The van der Waals surface area contributed by atoms with Crippen molar-refractivity contribution in [1.29, 1.82) is 0 Å². The van der Waals surface area contributed by atoms with Crippen LogP contribution in [0, 0.1) is 0 Å². The molecule has 1 aliphatic rings. The molecule has 1 aromatic carbocycles. The normalized spacial score (nSPS) is 18.2. The van der Waals surface area contributed by atoms with Gasteiger partial charge < -0.3 is 10.0 Å². The van der Waals surface area contributed by atoms with Crippen molar-refractivity contribution in [3.05, 3.63) is 30.3 Å². The predicted molar refractivity (Wildman–Crippen MR) is 82.0 cm³/mol. The average molecular weight is 311 g/mol. The Morgan fingerprint density at radius 3 is 2.80 bits per heavy atom. The van der Waals surface area contributed by atoms with Crippen LogP contribution in [0.1, 0.15) is 12.8 Å². The lowest BCUT2D eigenvalue weighted by Gasteiger charge is -2.20. The number of carbonyl (C=O) groups is 2. The lowest BCUT2D eigenvalue weighted by atomic mass is 10.2. The van der Waals surface area contributed by atoms with Gasteiger partial charge in [0.05, 0.1) is 5.88 Å². The summed E-state index contributed by atoms with van der Waals surface area (Å²) in [6.45, 7) is 0. The van der Waals surface area contributed by atoms with Gasteiger partial charge >= 0.3 is 5.97 Å². The van der Waals surface area contributed by atoms with Crippen LogP contribution in [0.3, 0.4) is 0 Å². The van der Waals surface area contributed by atoms with Crippen LogP contribution in [-0.2, 0) is 9.59 Å². The number of benzene rings is 1. The summed E-state index contributed by atoms with van der Waals surface area (Å²) in [6, 6.07) is 9.41. The van der Waals surface area contributed by atoms with Gasteiger partial charge in [-0.25, -0.2) is 4.79 Å². The highest BCUT2D eigenvalue weighted by Gasteiger charge is 2.33. The van der Waals surface area contributed by atoms with Crippen LogP contribution >= 0.6 is 23.5 Å². The second kappa shape index (κ2) is 7.59. The smallest absolute Gasteiger partial charge is 0.327 e. The molecule has 1 heterocycles. The van der Waals surface area contributed by atoms with Crippen LogP contribution in [0.25, 0.3) is 0 Å². The Balaban J connectivity index is 1.71. The minimum atomic E-state index is -0.901. The van der Waals surface area contributed by atoms with E-state index in [4.69, 9.17) is 5.11 Å². The molecule has 4 nitrogen and oxygen atoms in total. The third kappa shape index (κ3) is 4.18. The number of hydrogen-bond acceptors (Lipinski definition) is 4. The second-order valence-corrected chi connectivity index (χ2v) is 6.65. The summed E-state index contributed by atoms with van der Waals surface area (Å²) in [5.41, 5.74) is 0. The lowest BCUT2D eigenvalue weighted by Crippen LogP contribution is -2.41. The first-order chi connectivity index (χ1) is 9.68. The monoisotopic (exact) mass is 311 g/mol. The van der Waals surface area contributed by atoms with Crippen molar-refractivity contribution in [2.75, 3.05) is 17.4 Å². The van der Waals surface area contributed by atoms with Crippen LogP contribution < -0.4 is 0 Å².